The van der Waals surface area contributed by atoms with Gasteiger partial charge in [-0.15, -0.1) is 4.40 Å². The maximum absolute atomic E-state index is 12.6. The van der Waals surface area contributed by atoms with E-state index in [0.717, 1.165) is 0 Å². The van der Waals surface area contributed by atoms with E-state index in [0.29, 0.717) is 11.3 Å². The van der Waals surface area contributed by atoms with E-state index in [4.69, 9.17) is 9.52 Å². The van der Waals surface area contributed by atoms with Crippen LogP contribution in [0.3, 0.4) is 0 Å². The van der Waals surface area contributed by atoms with Crippen LogP contribution in [0.2, 0.25) is 0 Å². The first-order chi connectivity index (χ1) is 12.2. The van der Waals surface area contributed by atoms with Crippen LogP contribution in [0.4, 0.5) is 0 Å². The number of furan rings is 1. The van der Waals surface area contributed by atoms with E-state index in [1.807, 2.05) is 0 Å². The third kappa shape index (κ3) is 3.54. The van der Waals surface area contributed by atoms with Gasteiger partial charge in [-0.05, 0) is 25.1 Å². The van der Waals surface area contributed by atoms with Gasteiger partial charge in [0.15, 0.2) is 0 Å². The first kappa shape index (κ1) is 17.9. The van der Waals surface area contributed by atoms with E-state index < -0.39 is 16.0 Å². The lowest BCUT2D eigenvalue weighted by Crippen LogP contribution is -2.38. The van der Waals surface area contributed by atoms with E-state index in [1.54, 1.807) is 25.1 Å². The summed E-state index contributed by atoms with van der Waals surface area (Å²) in [5, 5.41) is 9.05. The average molecular weight is 379 g/mol. The largest absolute Gasteiger partial charge is 0.478 e. The standard InChI is InChI=1S/C16H17N3O6S/c1-10-13(16(21)22)7-12(25-10)9-18(2)15(20)11-3-4-14-17-26(23,24)6-5-19(14)8-11/h3-4,7-8H,5-6,9H2,1-2H3,(H,21,22). The summed E-state index contributed by atoms with van der Waals surface area (Å²) in [6.45, 7) is 1.88. The zero-order valence-electron chi connectivity index (χ0n) is 14.2. The summed E-state index contributed by atoms with van der Waals surface area (Å²) < 4.78 is 32.1. The topological polar surface area (TPSA) is 120 Å². The summed E-state index contributed by atoms with van der Waals surface area (Å²) in [6.07, 6.45) is 4.55. The van der Waals surface area contributed by atoms with Gasteiger partial charge in [-0.2, -0.15) is 0 Å². The third-order valence-electron chi connectivity index (χ3n) is 4.01. The Hall–Kier alpha value is -2.88. The maximum atomic E-state index is 12.6. The van der Waals surface area contributed by atoms with Crippen LogP contribution in [0, 0.1) is 6.92 Å². The quantitative estimate of drug-likeness (QED) is 0.819. The van der Waals surface area contributed by atoms with E-state index in [-0.39, 0.29) is 41.9 Å². The maximum Gasteiger partial charge on any atom is 0.339 e. The SMILES string of the molecule is Cc1oc(CN(C)C(=O)C2=CN3CCS(=O)(=O)N=C3C=C2)cc1C(=O)O. The minimum atomic E-state index is -3.45. The Labute approximate surface area is 150 Å². The molecule has 2 aliphatic rings. The summed E-state index contributed by atoms with van der Waals surface area (Å²) >= 11 is 0. The van der Waals surface area contributed by atoms with Crippen molar-refractivity contribution in [2.75, 3.05) is 19.3 Å². The van der Waals surface area contributed by atoms with Gasteiger partial charge in [-0.25, -0.2) is 13.2 Å². The Balaban J connectivity index is 1.74. The predicted octanol–water partition coefficient (Wildman–Crippen LogP) is 0.742. The summed E-state index contributed by atoms with van der Waals surface area (Å²) in [5.41, 5.74) is 0.431. The Bertz CT molecular complexity index is 970. The van der Waals surface area contributed by atoms with E-state index in [1.165, 1.54) is 23.1 Å². The Morgan fingerprint density at radius 2 is 2.12 bits per heavy atom. The zero-order valence-corrected chi connectivity index (χ0v) is 15.0. The molecule has 0 aromatic carbocycles. The highest BCUT2D eigenvalue weighted by Crippen LogP contribution is 2.19. The second-order valence-electron chi connectivity index (χ2n) is 6.00. The molecule has 0 unspecified atom stereocenters. The van der Waals surface area contributed by atoms with Crippen molar-refractivity contribution in [1.29, 1.82) is 0 Å². The van der Waals surface area contributed by atoms with Gasteiger partial charge in [0.1, 0.15) is 22.9 Å². The van der Waals surface area contributed by atoms with Gasteiger partial charge < -0.3 is 19.3 Å². The van der Waals surface area contributed by atoms with E-state index >= 15 is 0 Å². The van der Waals surface area contributed by atoms with E-state index in [2.05, 4.69) is 4.40 Å². The van der Waals surface area contributed by atoms with Crippen molar-refractivity contribution in [3.05, 3.63) is 47.1 Å². The van der Waals surface area contributed by atoms with Gasteiger partial charge >= 0.3 is 5.97 Å². The van der Waals surface area contributed by atoms with Gasteiger partial charge in [0.2, 0.25) is 0 Å². The molecule has 1 N–H and O–H groups in total. The molecule has 1 aromatic heterocycles. The number of nitrogens with zero attached hydrogens (tertiary/aromatic N) is 3. The van der Waals surface area contributed by atoms with Gasteiger partial charge in [-0.1, -0.05) is 0 Å². The van der Waals surface area contributed by atoms with Crippen LogP contribution < -0.4 is 0 Å². The second-order valence-corrected chi connectivity index (χ2v) is 7.75. The molecule has 0 saturated heterocycles. The minimum Gasteiger partial charge on any atom is -0.478 e. The number of rotatable bonds is 4. The number of amides is 1. The van der Waals surface area contributed by atoms with Crippen LogP contribution in [-0.2, 0) is 21.4 Å². The number of carbonyl (C=O) groups excluding carboxylic acids is 1. The molecule has 2 aliphatic heterocycles. The molecule has 10 heteroatoms. The van der Waals surface area contributed by atoms with Crippen molar-refractivity contribution >= 4 is 27.7 Å². The van der Waals surface area contributed by atoms with Crippen molar-refractivity contribution in [2.24, 2.45) is 4.40 Å². The molecule has 1 amide bonds. The highest BCUT2D eigenvalue weighted by atomic mass is 32.2. The number of carbonyl (C=O) groups is 2. The molecule has 0 aliphatic carbocycles. The minimum absolute atomic E-state index is 0.0630. The van der Waals surface area contributed by atoms with Crippen LogP contribution in [-0.4, -0.2) is 60.4 Å². The second kappa shape index (κ2) is 6.45. The van der Waals surface area contributed by atoms with Crippen molar-refractivity contribution in [2.45, 2.75) is 13.5 Å². The number of fused-ring (bicyclic) bond motifs is 1. The molecular weight excluding hydrogens is 362 g/mol. The molecular formula is C16H17N3O6S. The smallest absolute Gasteiger partial charge is 0.339 e. The van der Waals surface area contributed by atoms with Crippen LogP contribution in [0.5, 0.6) is 0 Å². The third-order valence-corrected chi connectivity index (χ3v) is 5.17. The van der Waals surface area contributed by atoms with Gasteiger partial charge in [0.25, 0.3) is 15.9 Å². The fourth-order valence-electron chi connectivity index (χ4n) is 2.69. The first-order valence-corrected chi connectivity index (χ1v) is 9.34. The number of amidine groups is 1. The number of sulfonamides is 1. The highest BCUT2D eigenvalue weighted by Gasteiger charge is 2.26. The Morgan fingerprint density at radius 3 is 2.77 bits per heavy atom. The summed E-state index contributed by atoms with van der Waals surface area (Å²) in [6, 6.07) is 1.40. The Kier molecular flexibility index (Phi) is 4.45. The fourth-order valence-corrected chi connectivity index (χ4v) is 3.66. The number of likely N-dealkylation sites (N-methyl/N-ethyl adjacent to an activating group) is 1. The lowest BCUT2D eigenvalue weighted by atomic mass is 10.1. The van der Waals surface area contributed by atoms with Crippen molar-refractivity contribution < 1.29 is 27.5 Å². The van der Waals surface area contributed by atoms with Crippen molar-refractivity contribution in [1.82, 2.24) is 9.80 Å². The van der Waals surface area contributed by atoms with Gasteiger partial charge in [-0.3, -0.25) is 4.79 Å². The molecule has 0 spiro atoms. The fraction of sp³-hybridized carbons (Fsp3) is 0.312. The van der Waals surface area contributed by atoms with Crippen LogP contribution in [0.1, 0.15) is 21.9 Å². The normalized spacial score (nSPS) is 18.0. The number of aromatic carboxylic acids is 1. The first-order valence-electron chi connectivity index (χ1n) is 7.73. The molecule has 0 fully saturated rings. The van der Waals surface area contributed by atoms with Crippen molar-refractivity contribution in [3.63, 3.8) is 0 Å². The molecule has 138 valence electrons. The number of aryl methyl sites for hydroxylation is 1. The molecule has 26 heavy (non-hydrogen) atoms. The molecule has 3 heterocycles. The number of hydrogen-bond acceptors (Lipinski definition) is 6. The van der Waals surface area contributed by atoms with Crippen LogP contribution in [0.25, 0.3) is 0 Å². The van der Waals surface area contributed by atoms with Crippen LogP contribution >= 0.6 is 0 Å². The average Bonchev–Trinajstić information content (AvgIpc) is 2.93. The number of carboxylic acids is 1. The molecule has 0 bridgehead atoms. The van der Waals surface area contributed by atoms with Crippen molar-refractivity contribution in [3.8, 4) is 0 Å². The summed E-state index contributed by atoms with van der Waals surface area (Å²) in [5.74, 6) is -0.580. The molecule has 1 aromatic rings. The molecule has 9 nitrogen and oxygen atoms in total. The number of hydrogen-bond donors (Lipinski definition) is 1. The lowest BCUT2D eigenvalue weighted by molar-refractivity contribution is -0.126. The highest BCUT2D eigenvalue weighted by molar-refractivity contribution is 7.90. The molecule has 0 atom stereocenters. The summed E-state index contributed by atoms with van der Waals surface area (Å²) in [7, 11) is -1.88. The molecule has 0 radical (unpaired) electrons. The lowest BCUT2D eigenvalue weighted by Gasteiger charge is -2.28. The van der Waals surface area contributed by atoms with E-state index in [9.17, 15) is 18.0 Å². The molecule has 0 saturated carbocycles. The Morgan fingerprint density at radius 1 is 1.38 bits per heavy atom. The van der Waals surface area contributed by atoms with Gasteiger partial charge in [0, 0.05) is 19.8 Å². The molecule has 3 rings (SSSR count). The summed E-state index contributed by atoms with van der Waals surface area (Å²) in [4.78, 5) is 26.7. The predicted molar refractivity (Wildman–Crippen MR) is 92.0 cm³/mol. The van der Waals surface area contributed by atoms with Crippen LogP contribution in [0.15, 0.2) is 38.8 Å². The number of carboxylic acid groups (broad SMARTS) is 1. The monoisotopic (exact) mass is 379 g/mol. The van der Waals surface area contributed by atoms with Gasteiger partial charge in [0.05, 0.1) is 17.9 Å². The zero-order chi connectivity index (χ0) is 19.1.